The first kappa shape index (κ1) is 11.9. The van der Waals surface area contributed by atoms with Gasteiger partial charge in [-0.05, 0) is 22.0 Å². The zero-order chi connectivity index (χ0) is 11.6. The first-order valence-corrected chi connectivity index (χ1v) is 4.60. The fourth-order valence-electron chi connectivity index (χ4n) is 0.963. The highest BCUT2D eigenvalue weighted by Crippen LogP contribution is 2.26. The third-order valence-electron chi connectivity index (χ3n) is 1.56. The molecular formula is C8H7BrF2N2O2. The molecular weight excluding hydrogens is 274 g/mol. The molecule has 0 saturated heterocycles. The van der Waals surface area contributed by atoms with Gasteiger partial charge in [-0.1, -0.05) is 0 Å². The minimum Gasteiger partial charge on any atom is -0.368 e. The van der Waals surface area contributed by atoms with Crippen molar-refractivity contribution in [3.05, 3.63) is 28.2 Å². The van der Waals surface area contributed by atoms with Crippen LogP contribution in [0.3, 0.4) is 0 Å². The van der Waals surface area contributed by atoms with Crippen LogP contribution in [-0.4, -0.2) is 17.7 Å². The highest BCUT2D eigenvalue weighted by atomic mass is 79.9. The van der Waals surface area contributed by atoms with Crippen molar-refractivity contribution in [1.82, 2.24) is 0 Å². The van der Waals surface area contributed by atoms with Crippen LogP contribution in [0.4, 0.5) is 14.5 Å². The van der Waals surface area contributed by atoms with E-state index in [-0.39, 0.29) is 9.54 Å². The largest absolute Gasteiger partial charge is 0.368 e. The lowest BCUT2D eigenvalue weighted by Gasteiger charge is -2.16. The first-order valence-electron chi connectivity index (χ1n) is 3.81. The summed E-state index contributed by atoms with van der Waals surface area (Å²) in [6, 6.07) is 1.65. The number of hydrogen-bond donors (Lipinski definition) is 2. The quantitative estimate of drug-likeness (QED) is 0.650. The number of hydroxylamine groups is 1. The van der Waals surface area contributed by atoms with E-state index in [2.05, 4.69) is 15.9 Å². The van der Waals surface area contributed by atoms with E-state index in [1.54, 1.807) is 0 Å². The molecule has 1 aromatic carbocycles. The molecule has 1 rings (SSSR count). The molecule has 0 heterocycles. The highest BCUT2D eigenvalue weighted by molar-refractivity contribution is 9.10. The summed E-state index contributed by atoms with van der Waals surface area (Å²) >= 11 is 2.76. The van der Waals surface area contributed by atoms with Crippen LogP contribution in [0.1, 0.15) is 0 Å². The Morgan fingerprint density at radius 2 is 2.13 bits per heavy atom. The van der Waals surface area contributed by atoms with Gasteiger partial charge in [-0.3, -0.25) is 10.0 Å². The first-order chi connectivity index (χ1) is 6.91. The Hall–Kier alpha value is -1.21. The summed E-state index contributed by atoms with van der Waals surface area (Å²) < 4.78 is 26.0. The minimum atomic E-state index is -0.875. The lowest BCUT2D eigenvalue weighted by Crippen LogP contribution is -2.31. The number of rotatable bonds is 3. The fourth-order valence-corrected chi connectivity index (χ4v) is 1.38. The summed E-state index contributed by atoms with van der Waals surface area (Å²) in [4.78, 5) is 10.5. The zero-order valence-electron chi connectivity index (χ0n) is 7.38. The number of nitrogens with zero attached hydrogens (tertiary/aromatic N) is 1. The van der Waals surface area contributed by atoms with E-state index < -0.39 is 29.8 Å². The Morgan fingerprint density at radius 1 is 1.53 bits per heavy atom. The van der Waals surface area contributed by atoms with Gasteiger partial charge in [0.25, 0.3) is 0 Å². The van der Waals surface area contributed by atoms with Crippen LogP contribution in [0.5, 0.6) is 0 Å². The summed E-state index contributed by atoms with van der Waals surface area (Å²) in [6.45, 7) is -0.618. The average Bonchev–Trinajstić information content (AvgIpc) is 2.09. The summed E-state index contributed by atoms with van der Waals surface area (Å²) in [5.74, 6) is -2.49. The normalized spacial score (nSPS) is 10.1. The van der Waals surface area contributed by atoms with Crippen LogP contribution in [0, 0.1) is 11.6 Å². The van der Waals surface area contributed by atoms with Crippen molar-refractivity contribution in [2.75, 3.05) is 11.6 Å². The number of anilines is 1. The SMILES string of the molecule is NC(=O)CN(O)c1cc(F)cc(Br)c1F. The third-order valence-corrected chi connectivity index (χ3v) is 2.13. The molecule has 15 heavy (non-hydrogen) atoms. The van der Waals surface area contributed by atoms with Gasteiger partial charge >= 0.3 is 0 Å². The maximum Gasteiger partial charge on any atom is 0.239 e. The molecule has 1 aromatic rings. The Bertz CT molecular complexity index is 400. The van der Waals surface area contributed by atoms with E-state index in [4.69, 9.17) is 5.73 Å². The molecule has 0 spiro atoms. The molecule has 0 unspecified atom stereocenters. The van der Waals surface area contributed by atoms with Gasteiger partial charge in [-0.15, -0.1) is 0 Å². The maximum absolute atomic E-state index is 13.3. The van der Waals surface area contributed by atoms with E-state index in [0.717, 1.165) is 12.1 Å². The third kappa shape index (κ3) is 2.87. The molecule has 0 fully saturated rings. The van der Waals surface area contributed by atoms with E-state index in [9.17, 15) is 18.8 Å². The van der Waals surface area contributed by atoms with Crippen LogP contribution in [0.15, 0.2) is 16.6 Å². The van der Waals surface area contributed by atoms with E-state index >= 15 is 0 Å². The number of primary amides is 1. The van der Waals surface area contributed by atoms with Crippen molar-refractivity contribution in [2.24, 2.45) is 5.73 Å². The van der Waals surface area contributed by atoms with Crippen LogP contribution in [0.25, 0.3) is 0 Å². The van der Waals surface area contributed by atoms with E-state index in [1.807, 2.05) is 0 Å². The van der Waals surface area contributed by atoms with Crippen molar-refractivity contribution in [2.45, 2.75) is 0 Å². The van der Waals surface area contributed by atoms with Crippen LogP contribution >= 0.6 is 15.9 Å². The molecule has 0 bridgehead atoms. The molecule has 4 nitrogen and oxygen atoms in total. The molecule has 0 radical (unpaired) electrons. The number of amides is 1. The molecule has 1 amide bonds. The molecule has 0 aliphatic rings. The minimum absolute atomic E-state index is 0.152. The van der Waals surface area contributed by atoms with Crippen molar-refractivity contribution in [1.29, 1.82) is 0 Å². The number of hydrogen-bond acceptors (Lipinski definition) is 3. The second-order valence-corrected chi connectivity index (χ2v) is 3.60. The van der Waals surface area contributed by atoms with Gasteiger partial charge in [-0.25, -0.2) is 13.8 Å². The summed E-state index contributed by atoms with van der Waals surface area (Å²) in [7, 11) is 0. The van der Waals surface area contributed by atoms with Crippen LogP contribution in [-0.2, 0) is 4.79 Å². The second-order valence-electron chi connectivity index (χ2n) is 2.74. The predicted molar refractivity (Wildman–Crippen MR) is 52.4 cm³/mol. The molecule has 0 atom stereocenters. The topological polar surface area (TPSA) is 66.6 Å². The van der Waals surface area contributed by atoms with Gasteiger partial charge in [-0.2, -0.15) is 0 Å². The summed E-state index contributed by atoms with van der Waals surface area (Å²) in [5.41, 5.74) is 4.33. The van der Waals surface area contributed by atoms with E-state index in [1.165, 1.54) is 0 Å². The van der Waals surface area contributed by atoms with Crippen molar-refractivity contribution >= 4 is 27.5 Å². The van der Waals surface area contributed by atoms with Crippen molar-refractivity contribution in [3.8, 4) is 0 Å². The molecule has 0 aromatic heterocycles. The molecule has 0 saturated carbocycles. The lowest BCUT2D eigenvalue weighted by atomic mass is 10.3. The lowest BCUT2D eigenvalue weighted by molar-refractivity contribution is -0.117. The molecule has 3 N–H and O–H groups in total. The Morgan fingerprint density at radius 3 is 2.67 bits per heavy atom. The monoisotopic (exact) mass is 280 g/mol. The van der Waals surface area contributed by atoms with Crippen molar-refractivity contribution < 1.29 is 18.8 Å². The maximum atomic E-state index is 13.3. The Labute approximate surface area is 92.4 Å². The fraction of sp³-hybridized carbons (Fsp3) is 0.125. The number of halogens is 3. The standard InChI is InChI=1S/C8H7BrF2N2O2/c9-5-1-4(10)2-6(8(5)11)13(15)3-7(12)14/h1-2,15H,3H2,(H2,12,14). The van der Waals surface area contributed by atoms with Gasteiger partial charge in [0.2, 0.25) is 5.91 Å². The molecule has 82 valence electrons. The zero-order valence-corrected chi connectivity index (χ0v) is 8.96. The van der Waals surface area contributed by atoms with Gasteiger partial charge in [0, 0.05) is 6.07 Å². The average molecular weight is 281 g/mol. The number of benzene rings is 1. The van der Waals surface area contributed by atoms with Gasteiger partial charge in [0.1, 0.15) is 18.0 Å². The number of carbonyl (C=O) groups is 1. The molecule has 0 aliphatic carbocycles. The van der Waals surface area contributed by atoms with Crippen molar-refractivity contribution in [3.63, 3.8) is 0 Å². The summed E-state index contributed by atoms with van der Waals surface area (Å²) in [6.07, 6.45) is 0. The second kappa shape index (κ2) is 4.54. The van der Waals surface area contributed by atoms with Crippen LogP contribution in [0.2, 0.25) is 0 Å². The summed E-state index contributed by atoms with van der Waals surface area (Å²) in [5, 5.41) is 9.47. The van der Waals surface area contributed by atoms with Gasteiger partial charge in [0.05, 0.1) is 4.47 Å². The molecule has 0 aliphatic heterocycles. The Kier molecular flexibility index (Phi) is 3.59. The number of carbonyl (C=O) groups excluding carboxylic acids is 1. The van der Waals surface area contributed by atoms with Gasteiger partial charge < -0.3 is 5.73 Å². The number of nitrogens with two attached hydrogens (primary N) is 1. The Balaban J connectivity index is 3.07. The van der Waals surface area contributed by atoms with E-state index in [0.29, 0.717) is 0 Å². The van der Waals surface area contributed by atoms with Crippen LogP contribution < -0.4 is 10.8 Å². The predicted octanol–water partition coefficient (Wildman–Crippen LogP) is 1.41. The smallest absolute Gasteiger partial charge is 0.239 e. The molecule has 7 heteroatoms. The van der Waals surface area contributed by atoms with Gasteiger partial charge in [0.15, 0.2) is 5.82 Å². The highest BCUT2D eigenvalue weighted by Gasteiger charge is 2.15.